The summed E-state index contributed by atoms with van der Waals surface area (Å²) in [7, 11) is 1.74. The van der Waals surface area contributed by atoms with Gasteiger partial charge in [-0.05, 0) is 64.7 Å². The second-order valence-corrected chi connectivity index (χ2v) is 11.0. The van der Waals surface area contributed by atoms with Crippen molar-refractivity contribution in [2.24, 2.45) is 7.05 Å². The van der Waals surface area contributed by atoms with E-state index in [4.69, 9.17) is 19.4 Å². The van der Waals surface area contributed by atoms with E-state index in [1.54, 1.807) is 11.6 Å². The summed E-state index contributed by atoms with van der Waals surface area (Å²) in [5.41, 5.74) is 2.01. The predicted octanol–water partition coefficient (Wildman–Crippen LogP) is 4.19. The number of piperidine rings is 1. The van der Waals surface area contributed by atoms with Gasteiger partial charge in [0.15, 0.2) is 11.5 Å². The molecular formula is C31H38N6O4. The van der Waals surface area contributed by atoms with Crippen molar-refractivity contribution in [3.05, 3.63) is 56.7 Å². The van der Waals surface area contributed by atoms with Crippen LogP contribution < -0.4 is 30.5 Å². The molecule has 0 bridgehead atoms. The van der Waals surface area contributed by atoms with Crippen LogP contribution in [0.1, 0.15) is 51.1 Å². The van der Waals surface area contributed by atoms with Crippen molar-refractivity contribution in [3.63, 3.8) is 0 Å². The molecule has 2 aromatic heterocycles. The van der Waals surface area contributed by atoms with Crippen molar-refractivity contribution in [3.8, 4) is 11.5 Å². The summed E-state index contributed by atoms with van der Waals surface area (Å²) >= 11 is 0. The van der Waals surface area contributed by atoms with E-state index in [1.807, 2.05) is 51.1 Å². The molecule has 2 saturated heterocycles. The first-order chi connectivity index (χ1) is 19.9. The van der Waals surface area contributed by atoms with Crippen LogP contribution in [0, 0.1) is 6.92 Å². The predicted molar refractivity (Wildman–Crippen MR) is 162 cm³/mol. The molecule has 4 aromatic rings. The van der Waals surface area contributed by atoms with Crippen molar-refractivity contribution in [2.45, 2.75) is 52.5 Å². The van der Waals surface area contributed by atoms with Gasteiger partial charge in [-0.3, -0.25) is 13.9 Å². The molecule has 41 heavy (non-hydrogen) atoms. The highest BCUT2D eigenvalue weighted by Gasteiger charge is 2.28. The number of fused-ring (bicyclic) bond motifs is 2. The largest absolute Gasteiger partial charge is 0.490 e. The van der Waals surface area contributed by atoms with Gasteiger partial charge in [-0.2, -0.15) is 4.98 Å². The minimum Gasteiger partial charge on any atom is -0.490 e. The molecule has 0 amide bonds. The van der Waals surface area contributed by atoms with Gasteiger partial charge in [0.2, 0.25) is 5.95 Å². The molecule has 2 aliphatic rings. The second-order valence-electron chi connectivity index (χ2n) is 11.0. The molecular weight excluding hydrogens is 520 g/mol. The van der Waals surface area contributed by atoms with Crippen molar-refractivity contribution in [1.82, 2.24) is 19.1 Å². The fourth-order valence-electron chi connectivity index (χ4n) is 6.20. The molecule has 4 heterocycles. The maximum atomic E-state index is 13.5. The smallest absolute Gasteiger partial charge is 0.331 e. The summed E-state index contributed by atoms with van der Waals surface area (Å²) < 4.78 is 14.9. The van der Waals surface area contributed by atoms with Gasteiger partial charge in [0.05, 0.1) is 29.6 Å². The number of hydrogen-bond donors (Lipinski definition) is 0. The summed E-state index contributed by atoms with van der Waals surface area (Å²) in [6.07, 6.45) is 3.58. The molecule has 10 heteroatoms. The van der Waals surface area contributed by atoms with Crippen LogP contribution in [0.25, 0.3) is 21.8 Å². The Morgan fingerprint density at radius 1 is 0.854 bits per heavy atom. The molecule has 0 spiro atoms. The number of nitrogens with zero attached hydrogens (tertiary/aromatic N) is 6. The molecule has 0 radical (unpaired) electrons. The van der Waals surface area contributed by atoms with Crippen LogP contribution in [-0.4, -0.2) is 58.5 Å². The molecule has 0 N–H and O–H groups in total. The van der Waals surface area contributed by atoms with E-state index in [2.05, 4.69) is 9.80 Å². The number of hydrogen-bond acceptors (Lipinski definition) is 8. The van der Waals surface area contributed by atoms with E-state index >= 15 is 0 Å². The van der Waals surface area contributed by atoms with Crippen molar-refractivity contribution in [1.29, 1.82) is 0 Å². The fraction of sp³-hybridized carbons (Fsp3) is 0.484. The minimum absolute atomic E-state index is 0.183. The number of ether oxygens (including phenoxy) is 2. The van der Waals surface area contributed by atoms with Crippen molar-refractivity contribution in [2.75, 3.05) is 49.2 Å². The van der Waals surface area contributed by atoms with Crippen LogP contribution in [0.2, 0.25) is 0 Å². The van der Waals surface area contributed by atoms with Crippen molar-refractivity contribution >= 4 is 33.6 Å². The van der Waals surface area contributed by atoms with E-state index < -0.39 is 0 Å². The van der Waals surface area contributed by atoms with Gasteiger partial charge in [-0.25, -0.2) is 9.78 Å². The quantitative estimate of drug-likeness (QED) is 0.333. The van der Waals surface area contributed by atoms with Crippen LogP contribution in [0.5, 0.6) is 11.5 Å². The Kier molecular flexibility index (Phi) is 7.32. The lowest BCUT2D eigenvalue weighted by molar-refractivity contribution is 0.288. The monoisotopic (exact) mass is 558 g/mol. The van der Waals surface area contributed by atoms with E-state index in [0.717, 1.165) is 54.2 Å². The van der Waals surface area contributed by atoms with Crippen molar-refractivity contribution < 1.29 is 9.47 Å². The zero-order valence-corrected chi connectivity index (χ0v) is 24.4. The van der Waals surface area contributed by atoms with E-state index in [1.165, 1.54) is 4.57 Å². The molecule has 6 rings (SSSR count). The van der Waals surface area contributed by atoms with Gasteiger partial charge < -0.3 is 19.3 Å². The average Bonchev–Trinajstić information content (AvgIpc) is 3.52. The van der Waals surface area contributed by atoms with Gasteiger partial charge in [0.25, 0.3) is 5.56 Å². The van der Waals surface area contributed by atoms with Gasteiger partial charge in [0, 0.05) is 50.7 Å². The Morgan fingerprint density at radius 2 is 1.54 bits per heavy atom. The molecule has 0 unspecified atom stereocenters. The molecule has 0 saturated carbocycles. The molecule has 0 aliphatic carbocycles. The van der Waals surface area contributed by atoms with Crippen LogP contribution >= 0.6 is 0 Å². The third-order valence-corrected chi connectivity index (χ3v) is 8.30. The van der Waals surface area contributed by atoms with Gasteiger partial charge in [-0.1, -0.05) is 11.6 Å². The third kappa shape index (κ3) is 4.89. The minimum atomic E-state index is -0.265. The van der Waals surface area contributed by atoms with E-state index in [0.29, 0.717) is 61.5 Å². The normalized spacial score (nSPS) is 16.2. The number of aromatic nitrogens is 4. The molecule has 0 atom stereocenters. The van der Waals surface area contributed by atoms with Crippen LogP contribution in [0.15, 0.2) is 39.9 Å². The summed E-state index contributed by atoms with van der Waals surface area (Å²) in [4.78, 5) is 41.4. The van der Waals surface area contributed by atoms with Gasteiger partial charge in [0.1, 0.15) is 5.82 Å². The Labute approximate surface area is 239 Å². The molecule has 2 aliphatic heterocycles. The highest BCUT2D eigenvalue weighted by Crippen LogP contribution is 2.38. The maximum Gasteiger partial charge on any atom is 0.331 e. The lowest BCUT2D eigenvalue weighted by Crippen LogP contribution is -2.45. The molecule has 2 fully saturated rings. The summed E-state index contributed by atoms with van der Waals surface area (Å²) in [6.45, 7) is 10.1. The molecule has 10 nitrogen and oxygen atoms in total. The summed E-state index contributed by atoms with van der Waals surface area (Å²) in [5, 5.41) is 1.49. The Bertz CT molecular complexity index is 1710. The Balaban J connectivity index is 1.38. The lowest BCUT2D eigenvalue weighted by Gasteiger charge is -2.34. The lowest BCUT2D eigenvalue weighted by atomic mass is 10.0. The highest BCUT2D eigenvalue weighted by molar-refractivity contribution is 5.93. The zero-order valence-electron chi connectivity index (χ0n) is 24.4. The topological polar surface area (TPSA) is 94.7 Å². The first-order valence-corrected chi connectivity index (χ1v) is 14.7. The van der Waals surface area contributed by atoms with E-state index in [9.17, 15) is 9.59 Å². The number of benzene rings is 2. The highest BCUT2D eigenvalue weighted by atomic mass is 16.5. The first kappa shape index (κ1) is 27.1. The summed E-state index contributed by atoms with van der Waals surface area (Å²) in [6, 6.07) is 9.43. The number of aryl methyl sites for hydroxylation is 2. The SMILES string of the molecule is CCOc1cc2nc(N3CCCC3)nc(N3CCC(n4c(=O)c5cc(C)ccc5n(C)c4=O)CC3)c2cc1OCC. The zero-order chi connectivity index (χ0) is 28.7. The maximum absolute atomic E-state index is 13.5. The Morgan fingerprint density at radius 3 is 2.22 bits per heavy atom. The first-order valence-electron chi connectivity index (χ1n) is 14.7. The standard InChI is InChI=1S/C31H38N6O4/c1-5-40-26-18-22-24(19-27(26)41-6-2)32-30(36-13-7-8-14-36)33-28(22)35-15-11-21(12-16-35)37-29(38)23-17-20(3)9-10-25(23)34(4)31(37)39/h9-10,17-19,21H,5-8,11-16H2,1-4H3. The van der Waals surface area contributed by atoms with Crippen LogP contribution in [0.3, 0.4) is 0 Å². The number of rotatable bonds is 7. The average molecular weight is 559 g/mol. The Hall–Kier alpha value is -4.08. The van der Waals surface area contributed by atoms with Gasteiger partial charge >= 0.3 is 5.69 Å². The van der Waals surface area contributed by atoms with E-state index in [-0.39, 0.29) is 17.3 Å². The second kappa shape index (κ2) is 11.1. The molecule has 216 valence electrons. The van der Waals surface area contributed by atoms with Crippen LogP contribution in [-0.2, 0) is 7.05 Å². The van der Waals surface area contributed by atoms with Crippen LogP contribution in [0.4, 0.5) is 11.8 Å². The van der Waals surface area contributed by atoms with Gasteiger partial charge in [-0.15, -0.1) is 0 Å². The number of anilines is 2. The molecule has 2 aromatic carbocycles. The summed E-state index contributed by atoms with van der Waals surface area (Å²) in [5.74, 6) is 2.94. The fourth-order valence-corrected chi connectivity index (χ4v) is 6.20. The third-order valence-electron chi connectivity index (χ3n) is 8.30.